The molecule has 0 radical (unpaired) electrons. The van der Waals surface area contributed by atoms with Crippen molar-refractivity contribution in [1.82, 2.24) is 24.9 Å². The summed E-state index contributed by atoms with van der Waals surface area (Å²) >= 11 is 5.91. The normalized spacial score (nSPS) is 12.2. The van der Waals surface area contributed by atoms with E-state index in [1.807, 2.05) is 6.08 Å². The Balaban J connectivity index is 1.46. The predicted molar refractivity (Wildman–Crippen MR) is 139 cm³/mol. The molecule has 9 nitrogen and oxygen atoms in total. The predicted octanol–water partition coefficient (Wildman–Crippen LogP) is 5.55. The van der Waals surface area contributed by atoms with Crippen LogP contribution in [-0.4, -0.2) is 37.5 Å². The molecule has 37 heavy (non-hydrogen) atoms. The molecule has 0 atom stereocenters. The van der Waals surface area contributed by atoms with Crippen molar-refractivity contribution in [3.05, 3.63) is 82.5 Å². The monoisotopic (exact) mass is 519 g/mol. The number of halogens is 2. The number of esters is 1. The first-order chi connectivity index (χ1) is 18.0. The lowest BCUT2D eigenvalue weighted by atomic mass is 10.1. The van der Waals surface area contributed by atoms with Gasteiger partial charge in [-0.05, 0) is 50.1 Å². The van der Waals surface area contributed by atoms with Crippen LogP contribution in [-0.2, 0) is 17.7 Å². The number of imidazole rings is 1. The van der Waals surface area contributed by atoms with Crippen molar-refractivity contribution in [3.8, 4) is 11.1 Å². The third-order valence-corrected chi connectivity index (χ3v) is 5.93. The Hall–Kier alpha value is -4.31. The van der Waals surface area contributed by atoms with Gasteiger partial charge < -0.3 is 20.4 Å². The maximum atomic E-state index is 13.6. The van der Waals surface area contributed by atoms with Gasteiger partial charge in [-0.1, -0.05) is 17.7 Å². The first-order valence-electron chi connectivity index (χ1n) is 11.7. The van der Waals surface area contributed by atoms with Gasteiger partial charge >= 0.3 is 5.97 Å². The lowest BCUT2D eigenvalue weighted by Crippen LogP contribution is -2.08. The maximum Gasteiger partial charge on any atom is 0.339 e. The molecular weight excluding hydrogens is 497 g/mol. The molecule has 0 fully saturated rings. The summed E-state index contributed by atoms with van der Waals surface area (Å²) in [7, 11) is 0. The first kappa shape index (κ1) is 24.4. The summed E-state index contributed by atoms with van der Waals surface area (Å²) in [6.45, 7) is 2.38. The van der Waals surface area contributed by atoms with Crippen LogP contribution in [0.1, 0.15) is 40.9 Å². The topological polar surface area (TPSA) is 118 Å². The number of carbonyl (C=O) groups excluding carboxylic acids is 1. The second-order valence-corrected chi connectivity index (χ2v) is 8.64. The van der Waals surface area contributed by atoms with Gasteiger partial charge in [0.05, 0.1) is 29.4 Å². The number of aromatic nitrogens is 5. The molecule has 0 saturated carbocycles. The standard InChI is InChI=1S/C26H23ClFN7O2/c1-2-37-25(36)16-9-15(11-29-12-16)18-13-31-26(32-17-7-8-20(28)19(27)10-17)35-24(18)30-14-23-33-21-5-3-4-6-22(21)34-23/h3,5,7-13H,2,4,6,14H2,1H3,(H,33,34)(H2,30,31,32,35). The number of hydrogen-bond acceptors (Lipinski definition) is 8. The molecule has 1 aliphatic carbocycles. The summed E-state index contributed by atoms with van der Waals surface area (Å²) in [6, 6.07) is 5.93. The van der Waals surface area contributed by atoms with Crippen LogP contribution >= 0.6 is 11.6 Å². The quantitative estimate of drug-likeness (QED) is 0.259. The van der Waals surface area contributed by atoms with E-state index < -0.39 is 11.8 Å². The molecule has 3 heterocycles. The Morgan fingerprint density at radius 1 is 1.22 bits per heavy atom. The third-order valence-electron chi connectivity index (χ3n) is 5.64. The number of aryl methyl sites for hydroxylation is 1. The molecule has 1 aliphatic rings. The first-order valence-corrected chi connectivity index (χ1v) is 12.1. The molecule has 0 saturated heterocycles. The Bertz CT molecular complexity index is 1490. The number of anilines is 3. The maximum absolute atomic E-state index is 13.6. The zero-order chi connectivity index (χ0) is 25.8. The van der Waals surface area contributed by atoms with Gasteiger partial charge in [-0.25, -0.2) is 19.2 Å². The fraction of sp³-hybridized carbons (Fsp3) is 0.192. The molecule has 4 aromatic rings. The van der Waals surface area contributed by atoms with Gasteiger partial charge in [0.2, 0.25) is 5.95 Å². The van der Waals surface area contributed by atoms with E-state index in [-0.39, 0.29) is 17.6 Å². The van der Waals surface area contributed by atoms with E-state index in [9.17, 15) is 9.18 Å². The summed E-state index contributed by atoms with van der Waals surface area (Å²) in [5.41, 5.74) is 4.14. The van der Waals surface area contributed by atoms with Gasteiger partial charge in [-0.3, -0.25) is 4.98 Å². The second-order valence-electron chi connectivity index (χ2n) is 8.23. The van der Waals surface area contributed by atoms with Crippen LogP contribution in [0.25, 0.3) is 17.2 Å². The van der Waals surface area contributed by atoms with Crippen molar-refractivity contribution in [3.63, 3.8) is 0 Å². The molecule has 0 unspecified atom stereocenters. The van der Waals surface area contributed by atoms with Crippen molar-refractivity contribution >= 4 is 41.1 Å². The van der Waals surface area contributed by atoms with E-state index in [1.54, 1.807) is 31.5 Å². The highest BCUT2D eigenvalue weighted by atomic mass is 35.5. The Kier molecular flexibility index (Phi) is 7.09. The highest BCUT2D eigenvalue weighted by molar-refractivity contribution is 6.31. The minimum Gasteiger partial charge on any atom is -0.462 e. The fourth-order valence-electron chi connectivity index (χ4n) is 3.89. The number of allylic oxidation sites excluding steroid dienone is 1. The molecule has 1 aromatic carbocycles. The zero-order valence-electron chi connectivity index (χ0n) is 19.9. The van der Waals surface area contributed by atoms with Crippen LogP contribution < -0.4 is 10.6 Å². The van der Waals surface area contributed by atoms with E-state index in [0.29, 0.717) is 34.7 Å². The zero-order valence-corrected chi connectivity index (χ0v) is 20.6. The summed E-state index contributed by atoms with van der Waals surface area (Å²) in [5, 5.41) is 6.34. The van der Waals surface area contributed by atoms with Gasteiger partial charge in [0, 0.05) is 41.1 Å². The number of pyridine rings is 1. The number of rotatable bonds is 8. The largest absolute Gasteiger partial charge is 0.462 e. The molecule has 0 amide bonds. The average molecular weight is 520 g/mol. The minimum atomic E-state index is -0.518. The number of nitrogens with one attached hydrogen (secondary N) is 3. The van der Waals surface area contributed by atoms with Crippen LogP contribution in [0.5, 0.6) is 0 Å². The van der Waals surface area contributed by atoms with Crippen molar-refractivity contribution in [2.45, 2.75) is 26.3 Å². The third kappa shape index (κ3) is 5.59. The van der Waals surface area contributed by atoms with Crippen LogP contribution in [0.15, 0.2) is 48.9 Å². The summed E-state index contributed by atoms with van der Waals surface area (Å²) in [4.78, 5) is 33.5. The molecule has 11 heteroatoms. The Labute approximate surface area is 217 Å². The van der Waals surface area contributed by atoms with Crippen molar-refractivity contribution < 1.29 is 13.9 Å². The number of benzene rings is 1. The van der Waals surface area contributed by atoms with E-state index in [1.165, 1.54) is 18.3 Å². The molecule has 0 aliphatic heterocycles. The molecule has 3 N–H and O–H groups in total. The smallest absolute Gasteiger partial charge is 0.339 e. The second kappa shape index (κ2) is 10.8. The average Bonchev–Trinajstić information content (AvgIpc) is 3.33. The molecule has 0 bridgehead atoms. The lowest BCUT2D eigenvalue weighted by Gasteiger charge is -2.13. The number of H-pyrrole nitrogens is 1. The SMILES string of the molecule is CCOC(=O)c1cncc(-c2cnc(Nc3ccc(F)c(Cl)c3)nc2NCc2nc3c([nH]2)CCC=C3)c1. The van der Waals surface area contributed by atoms with Crippen LogP contribution in [0.2, 0.25) is 5.02 Å². The van der Waals surface area contributed by atoms with E-state index in [2.05, 4.69) is 41.6 Å². The summed E-state index contributed by atoms with van der Waals surface area (Å²) in [6.07, 6.45) is 10.7. The summed E-state index contributed by atoms with van der Waals surface area (Å²) in [5.74, 6) is 0.534. The number of carbonyl (C=O) groups is 1. The van der Waals surface area contributed by atoms with Gasteiger partial charge in [0.1, 0.15) is 17.5 Å². The van der Waals surface area contributed by atoms with Crippen molar-refractivity contribution in [2.24, 2.45) is 0 Å². The number of nitrogens with zero attached hydrogens (tertiary/aromatic N) is 4. The lowest BCUT2D eigenvalue weighted by molar-refractivity contribution is 0.0526. The van der Waals surface area contributed by atoms with E-state index in [4.69, 9.17) is 16.3 Å². The number of fused-ring (bicyclic) bond motifs is 1. The minimum absolute atomic E-state index is 0.0161. The molecular formula is C26H23ClFN7O2. The van der Waals surface area contributed by atoms with Crippen molar-refractivity contribution in [2.75, 3.05) is 17.2 Å². The fourth-order valence-corrected chi connectivity index (χ4v) is 4.07. The van der Waals surface area contributed by atoms with Crippen molar-refractivity contribution in [1.29, 1.82) is 0 Å². The van der Waals surface area contributed by atoms with Gasteiger partial charge in [0.15, 0.2) is 0 Å². The van der Waals surface area contributed by atoms with Crippen LogP contribution in [0, 0.1) is 5.82 Å². The van der Waals surface area contributed by atoms with Gasteiger partial charge in [0.25, 0.3) is 0 Å². The van der Waals surface area contributed by atoms with Gasteiger partial charge in [-0.2, -0.15) is 4.98 Å². The Morgan fingerprint density at radius 3 is 2.92 bits per heavy atom. The highest BCUT2D eigenvalue weighted by Crippen LogP contribution is 2.29. The van der Waals surface area contributed by atoms with E-state index >= 15 is 0 Å². The molecule has 188 valence electrons. The van der Waals surface area contributed by atoms with Crippen LogP contribution in [0.3, 0.4) is 0 Å². The Morgan fingerprint density at radius 2 is 2.11 bits per heavy atom. The van der Waals surface area contributed by atoms with E-state index in [0.717, 1.165) is 30.1 Å². The number of ether oxygens (including phenoxy) is 1. The molecule has 5 rings (SSSR count). The molecule has 3 aromatic heterocycles. The summed E-state index contributed by atoms with van der Waals surface area (Å²) < 4.78 is 18.7. The number of hydrogen-bond donors (Lipinski definition) is 3. The highest BCUT2D eigenvalue weighted by Gasteiger charge is 2.16. The van der Waals surface area contributed by atoms with Gasteiger partial charge in [-0.15, -0.1) is 0 Å². The van der Waals surface area contributed by atoms with Crippen LogP contribution in [0.4, 0.5) is 21.8 Å². The number of aromatic amines is 1. The molecule has 0 spiro atoms.